The lowest BCUT2D eigenvalue weighted by molar-refractivity contribution is -0.671. The molecule has 1 aliphatic rings. The molecule has 0 unspecified atom stereocenters. The summed E-state index contributed by atoms with van der Waals surface area (Å²) < 4.78 is 10.2. The SMILES string of the molecule is C[n+]1ccn(CCCCC(=O)O[C@@H]2C[C@@H](C(O)(c3ccccc3)c3ccccc3)N(Cc3ccccc3)C2)c1.[Br-]. The maximum absolute atomic E-state index is 12.9. The fourth-order valence-electron chi connectivity index (χ4n) is 5.75. The van der Waals surface area contributed by atoms with Gasteiger partial charge < -0.3 is 26.8 Å². The number of likely N-dealkylation sites (tertiary alicyclic amines) is 1. The predicted octanol–water partition coefficient (Wildman–Crippen LogP) is 1.61. The topological polar surface area (TPSA) is 58.6 Å². The summed E-state index contributed by atoms with van der Waals surface area (Å²) in [6, 6.07) is 29.7. The molecular formula is C33H38BrN3O3. The summed E-state index contributed by atoms with van der Waals surface area (Å²) in [5, 5.41) is 12.6. The van der Waals surface area contributed by atoms with Gasteiger partial charge in [-0.05, 0) is 29.5 Å². The molecule has 2 atom stereocenters. The van der Waals surface area contributed by atoms with Crippen molar-refractivity contribution in [3.63, 3.8) is 0 Å². The van der Waals surface area contributed by atoms with Crippen LogP contribution in [0.4, 0.5) is 0 Å². The lowest BCUT2D eigenvalue weighted by Crippen LogP contribution is -3.00. The fourth-order valence-corrected chi connectivity index (χ4v) is 5.75. The second kappa shape index (κ2) is 13.9. The van der Waals surface area contributed by atoms with E-state index >= 15 is 0 Å². The maximum atomic E-state index is 12.9. The van der Waals surface area contributed by atoms with Gasteiger partial charge in [-0.3, -0.25) is 9.69 Å². The van der Waals surface area contributed by atoms with Gasteiger partial charge in [-0.1, -0.05) is 91.0 Å². The Balaban J connectivity index is 0.00000370. The highest BCUT2D eigenvalue weighted by atomic mass is 79.9. The minimum Gasteiger partial charge on any atom is -1.00 e. The van der Waals surface area contributed by atoms with Crippen molar-refractivity contribution in [3.05, 3.63) is 126 Å². The largest absolute Gasteiger partial charge is 1.00 e. The van der Waals surface area contributed by atoms with Crippen LogP contribution in [0.15, 0.2) is 110 Å². The van der Waals surface area contributed by atoms with Crippen LogP contribution >= 0.6 is 0 Å². The first kappa shape index (κ1) is 29.7. The summed E-state index contributed by atoms with van der Waals surface area (Å²) in [7, 11) is 2.00. The van der Waals surface area contributed by atoms with E-state index in [4.69, 9.17) is 4.74 Å². The number of aromatic nitrogens is 2. The fraction of sp³-hybridized carbons (Fsp3) is 0.333. The molecule has 1 N–H and O–H groups in total. The number of benzene rings is 3. The zero-order valence-electron chi connectivity index (χ0n) is 23.0. The molecule has 5 rings (SSSR count). The van der Waals surface area contributed by atoms with E-state index in [-0.39, 0.29) is 35.1 Å². The van der Waals surface area contributed by atoms with E-state index in [1.165, 1.54) is 0 Å². The molecule has 0 spiro atoms. The highest BCUT2D eigenvalue weighted by molar-refractivity contribution is 5.69. The third kappa shape index (κ3) is 7.08. The van der Waals surface area contributed by atoms with Gasteiger partial charge in [-0.15, -0.1) is 0 Å². The summed E-state index contributed by atoms with van der Waals surface area (Å²) >= 11 is 0. The lowest BCUT2D eigenvalue weighted by Gasteiger charge is -2.40. The summed E-state index contributed by atoms with van der Waals surface area (Å²) in [6.45, 7) is 2.12. The molecule has 1 saturated heterocycles. The number of ether oxygens (including phenoxy) is 1. The van der Waals surface area contributed by atoms with Gasteiger partial charge in [-0.2, -0.15) is 0 Å². The second-order valence-electron chi connectivity index (χ2n) is 10.6. The zero-order chi connectivity index (χ0) is 27.1. The minimum atomic E-state index is -1.26. The minimum absolute atomic E-state index is 0. The van der Waals surface area contributed by atoms with Crippen molar-refractivity contribution in [3.8, 4) is 0 Å². The van der Waals surface area contributed by atoms with E-state index in [0.717, 1.165) is 36.1 Å². The second-order valence-corrected chi connectivity index (χ2v) is 10.6. The number of esters is 1. The van der Waals surface area contributed by atoms with Crippen molar-refractivity contribution >= 4 is 5.97 Å². The molecule has 6 nitrogen and oxygen atoms in total. The Morgan fingerprint density at radius 2 is 1.55 bits per heavy atom. The van der Waals surface area contributed by atoms with Crippen molar-refractivity contribution in [2.24, 2.45) is 7.05 Å². The van der Waals surface area contributed by atoms with Crippen molar-refractivity contribution < 1.29 is 36.2 Å². The first-order valence-electron chi connectivity index (χ1n) is 13.8. The van der Waals surface area contributed by atoms with E-state index in [1.807, 2.05) is 109 Å². The number of hydrogen-bond donors (Lipinski definition) is 1. The number of halogens is 1. The number of unbranched alkanes of at least 4 members (excludes halogenated alkanes) is 1. The van der Waals surface area contributed by atoms with Crippen LogP contribution in [0, 0.1) is 0 Å². The van der Waals surface area contributed by atoms with Gasteiger partial charge in [0.2, 0.25) is 6.33 Å². The third-order valence-electron chi connectivity index (χ3n) is 7.67. The van der Waals surface area contributed by atoms with Gasteiger partial charge in [0, 0.05) is 25.9 Å². The molecule has 0 aliphatic carbocycles. The van der Waals surface area contributed by atoms with Crippen molar-refractivity contribution in [2.75, 3.05) is 6.54 Å². The van der Waals surface area contributed by atoms with E-state index in [2.05, 4.69) is 21.6 Å². The van der Waals surface area contributed by atoms with Crippen LogP contribution in [0.2, 0.25) is 0 Å². The Labute approximate surface area is 247 Å². The number of rotatable bonds is 11. The molecule has 0 radical (unpaired) electrons. The van der Waals surface area contributed by atoms with Crippen LogP contribution in [-0.4, -0.2) is 39.2 Å². The van der Waals surface area contributed by atoms with Gasteiger partial charge in [0.25, 0.3) is 0 Å². The van der Waals surface area contributed by atoms with Gasteiger partial charge in [0.05, 0.1) is 19.6 Å². The van der Waals surface area contributed by atoms with Gasteiger partial charge in [0.15, 0.2) is 0 Å². The molecule has 1 aliphatic heterocycles. The number of imidazole rings is 1. The summed E-state index contributed by atoms with van der Waals surface area (Å²) in [5.41, 5.74) is 1.58. The number of aryl methyl sites for hydroxylation is 2. The highest BCUT2D eigenvalue weighted by Crippen LogP contribution is 2.41. The third-order valence-corrected chi connectivity index (χ3v) is 7.67. The molecule has 3 aromatic carbocycles. The average molecular weight is 605 g/mol. The van der Waals surface area contributed by atoms with Crippen LogP contribution in [0.3, 0.4) is 0 Å². The first-order valence-corrected chi connectivity index (χ1v) is 13.8. The van der Waals surface area contributed by atoms with E-state index in [0.29, 0.717) is 25.9 Å². The van der Waals surface area contributed by atoms with Crippen LogP contribution in [0.5, 0.6) is 0 Å². The molecule has 0 amide bonds. The van der Waals surface area contributed by atoms with Gasteiger partial charge in [0.1, 0.15) is 24.1 Å². The molecule has 2 heterocycles. The molecule has 1 aromatic heterocycles. The van der Waals surface area contributed by atoms with Gasteiger partial charge >= 0.3 is 5.97 Å². The quantitative estimate of drug-likeness (QED) is 0.161. The first-order chi connectivity index (χ1) is 19.0. The molecule has 1 fully saturated rings. The van der Waals surface area contributed by atoms with Crippen LogP contribution in [0.25, 0.3) is 0 Å². The van der Waals surface area contributed by atoms with Crippen molar-refractivity contribution in [1.82, 2.24) is 9.47 Å². The molecule has 40 heavy (non-hydrogen) atoms. The molecule has 4 aromatic rings. The zero-order valence-corrected chi connectivity index (χ0v) is 24.6. The van der Waals surface area contributed by atoms with E-state index in [9.17, 15) is 9.90 Å². The summed E-state index contributed by atoms with van der Waals surface area (Å²) in [5.74, 6) is -0.165. The monoisotopic (exact) mass is 603 g/mol. The number of aliphatic hydroxyl groups is 1. The highest BCUT2D eigenvalue weighted by Gasteiger charge is 2.49. The van der Waals surface area contributed by atoms with Crippen molar-refractivity contribution in [2.45, 2.75) is 56.5 Å². The molecule has 7 heteroatoms. The van der Waals surface area contributed by atoms with Crippen molar-refractivity contribution in [1.29, 1.82) is 0 Å². The standard InChI is InChI=1S/C33H38N3O3.BrH/c1-34-21-22-35(26-34)20-12-11-19-32(37)39-30-23-31(36(25-30)24-27-13-5-2-6-14-27)33(38,28-15-7-3-8-16-28)29-17-9-4-10-18-29;/h2-10,13-18,21-22,26,30-31,38H,11-12,19-20,23-25H2,1H3;1H/q+1;/p-1/t30-,31+;/m1./s1. The smallest absolute Gasteiger partial charge is 0.306 e. The maximum Gasteiger partial charge on any atom is 0.306 e. The Hall–Kier alpha value is -3.26. The normalized spacial score (nSPS) is 17.4. The van der Waals surface area contributed by atoms with Gasteiger partial charge in [-0.25, -0.2) is 9.13 Å². The lowest BCUT2D eigenvalue weighted by atomic mass is 9.78. The van der Waals surface area contributed by atoms with E-state index in [1.54, 1.807) is 0 Å². The number of carbonyl (C=O) groups excluding carboxylic acids is 1. The number of carbonyl (C=O) groups is 1. The van der Waals surface area contributed by atoms with Crippen LogP contribution in [0.1, 0.15) is 42.4 Å². The number of nitrogens with zero attached hydrogens (tertiary/aromatic N) is 3. The van der Waals surface area contributed by atoms with Crippen LogP contribution < -0.4 is 21.5 Å². The molecule has 210 valence electrons. The Morgan fingerprint density at radius 3 is 2.12 bits per heavy atom. The summed E-state index contributed by atoms with van der Waals surface area (Å²) in [4.78, 5) is 15.1. The van der Waals surface area contributed by atoms with E-state index < -0.39 is 5.60 Å². The predicted molar refractivity (Wildman–Crippen MR) is 150 cm³/mol. The molecule has 0 saturated carbocycles. The molecular weight excluding hydrogens is 566 g/mol. The molecule has 0 bridgehead atoms. The Bertz CT molecular complexity index is 1290. The van der Waals surface area contributed by atoms with Crippen LogP contribution in [-0.2, 0) is 35.3 Å². The Morgan fingerprint density at radius 1 is 0.950 bits per heavy atom. The Kier molecular flexibility index (Phi) is 10.3. The average Bonchev–Trinajstić information content (AvgIpc) is 3.57. The summed E-state index contributed by atoms with van der Waals surface area (Å²) in [6.07, 6.45) is 8.46. The number of hydrogen-bond acceptors (Lipinski definition) is 4.